The first-order chi connectivity index (χ1) is 15.0. The molecule has 2 rings (SSSR count). The van der Waals surface area contributed by atoms with Gasteiger partial charge in [0, 0.05) is 30.1 Å². The number of carbonyl (C=O) groups excluding carboxylic acids is 2. The predicted molar refractivity (Wildman–Crippen MR) is 125 cm³/mol. The van der Waals surface area contributed by atoms with Gasteiger partial charge in [-0.05, 0) is 50.2 Å². The summed E-state index contributed by atoms with van der Waals surface area (Å²) < 4.78 is 10.4. The van der Waals surface area contributed by atoms with Crippen LogP contribution in [0.4, 0.5) is 0 Å². The van der Waals surface area contributed by atoms with E-state index < -0.39 is 0 Å². The molecule has 0 aromatic heterocycles. The van der Waals surface area contributed by atoms with Crippen LogP contribution in [0.3, 0.4) is 0 Å². The molecule has 0 amide bonds. The van der Waals surface area contributed by atoms with E-state index in [1.54, 1.807) is 11.8 Å². The Hall–Kier alpha value is -1.27. The fourth-order valence-corrected chi connectivity index (χ4v) is 5.61. The van der Waals surface area contributed by atoms with Crippen molar-refractivity contribution in [3.05, 3.63) is 22.8 Å². The summed E-state index contributed by atoms with van der Waals surface area (Å²) in [6, 6.07) is 0. The van der Waals surface area contributed by atoms with Gasteiger partial charge in [0.25, 0.3) is 0 Å². The summed E-state index contributed by atoms with van der Waals surface area (Å²) in [6.07, 6.45) is 15.9. The van der Waals surface area contributed by atoms with Crippen molar-refractivity contribution in [1.82, 2.24) is 0 Å². The summed E-state index contributed by atoms with van der Waals surface area (Å²) in [5.74, 6) is 2.03. The molecule has 2 aliphatic rings. The molecule has 1 saturated carbocycles. The van der Waals surface area contributed by atoms with Crippen molar-refractivity contribution in [2.75, 3.05) is 12.9 Å². The average molecular weight is 453 g/mol. The van der Waals surface area contributed by atoms with E-state index in [-0.39, 0.29) is 24.0 Å². The topological polar surface area (TPSA) is 72.8 Å². The van der Waals surface area contributed by atoms with Gasteiger partial charge in [0.15, 0.2) is 0 Å². The van der Waals surface area contributed by atoms with Crippen molar-refractivity contribution in [1.29, 1.82) is 0 Å². The number of unbranched alkanes of at least 4 members (excludes halogenated alkanes) is 2. The minimum Gasteiger partial charge on any atom is -0.469 e. The van der Waals surface area contributed by atoms with E-state index in [9.17, 15) is 14.7 Å². The normalized spacial score (nSPS) is 20.9. The van der Waals surface area contributed by atoms with Gasteiger partial charge in [-0.15, -0.1) is 11.8 Å². The number of rotatable bonds is 13. The van der Waals surface area contributed by atoms with E-state index in [0.29, 0.717) is 18.8 Å². The van der Waals surface area contributed by atoms with Gasteiger partial charge in [-0.2, -0.15) is 0 Å². The molecule has 0 bridgehead atoms. The molecule has 0 radical (unpaired) electrons. The van der Waals surface area contributed by atoms with Crippen LogP contribution in [-0.2, 0) is 19.1 Å². The molecule has 0 aliphatic heterocycles. The number of hydrogen-bond acceptors (Lipinski definition) is 6. The number of ether oxygens (including phenoxy) is 2. The second-order valence-corrected chi connectivity index (χ2v) is 9.80. The van der Waals surface area contributed by atoms with E-state index in [1.165, 1.54) is 26.4 Å². The number of carbonyl (C=O) groups is 2. The lowest BCUT2D eigenvalue weighted by Gasteiger charge is -2.24. The SMILES string of the molecule is CCCC(=O)OC1=C(SCCCCCC(=O)OC)C(/C=C/C(O)C2CCCCC2)CC1. The first-order valence-corrected chi connectivity index (χ1v) is 13.0. The molecule has 0 aromatic carbocycles. The van der Waals surface area contributed by atoms with Crippen molar-refractivity contribution >= 4 is 23.7 Å². The standard InChI is InChI=1S/C25H40O5S/c1-3-10-24(28)30-22-17-15-20(14-16-21(26)19-11-6-4-7-12-19)25(22)31-18-9-5-8-13-23(27)29-2/h14,16,19-21,26H,3-13,15,17-18H2,1-2H3/b16-14+. The summed E-state index contributed by atoms with van der Waals surface area (Å²) in [4.78, 5) is 24.4. The smallest absolute Gasteiger partial charge is 0.310 e. The molecule has 0 saturated heterocycles. The fourth-order valence-electron chi connectivity index (χ4n) is 4.33. The zero-order valence-electron chi connectivity index (χ0n) is 19.3. The lowest BCUT2D eigenvalue weighted by molar-refractivity contribution is -0.141. The highest BCUT2D eigenvalue weighted by Gasteiger charge is 2.28. The van der Waals surface area contributed by atoms with Crippen LogP contribution in [0.1, 0.15) is 90.4 Å². The van der Waals surface area contributed by atoms with Crippen molar-refractivity contribution < 1.29 is 24.2 Å². The van der Waals surface area contributed by atoms with E-state index in [1.807, 2.05) is 13.0 Å². The highest BCUT2D eigenvalue weighted by atomic mass is 32.2. The summed E-state index contributed by atoms with van der Waals surface area (Å²) >= 11 is 1.77. The Morgan fingerprint density at radius 2 is 1.87 bits per heavy atom. The zero-order valence-corrected chi connectivity index (χ0v) is 20.1. The van der Waals surface area contributed by atoms with Crippen LogP contribution in [0.5, 0.6) is 0 Å². The van der Waals surface area contributed by atoms with Crippen LogP contribution in [0.25, 0.3) is 0 Å². The molecule has 5 nitrogen and oxygen atoms in total. The lowest BCUT2D eigenvalue weighted by Crippen LogP contribution is -2.20. The van der Waals surface area contributed by atoms with Gasteiger partial charge in [-0.3, -0.25) is 9.59 Å². The number of aliphatic hydroxyl groups excluding tert-OH is 1. The highest BCUT2D eigenvalue weighted by molar-refractivity contribution is 8.03. The number of aliphatic hydroxyl groups is 1. The van der Waals surface area contributed by atoms with Crippen molar-refractivity contribution in [2.45, 2.75) is 96.5 Å². The van der Waals surface area contributed by atoms with E-state index >= 15 is 0 Å². The molecule has 0 aromatic rings. The number of thioether (sulfide) groups is 1. The Bertz CT molecular complexity index is 621. The second-order valence-electron chi connectivity index (χ2n) is 8.67. The molecule has 176 valence electrons. The molecule has 1 fully saturated rings. The summed E-state index contributed by atoms with van der Waals surface area (Å²) in [5.41, 5.74) is 0. The molecular weight excluding hydrogens is 412 g/mol. The van der Waals surface area contributed by atoms with Crippen LogP contribution in [0.2, 0.25) is 0 Å². The summed E-state index contributed by atoms with van der Waals surface area (Å²) in [5, 5.41) is 10.6. The van der Waals surface area contributed by atoms with Crippen LogP contribution < -0.4 is 0 Å². The van der Waals surface area contributed by atoms with E-state index in [4.69, 9.17) is 4.74 Å². The summed E-state index contributed by atoms with van der Waals surface area (Å²) in [6.45, 7) is 1.98. The first-order valence-electron chi connectivity index (χ1n) is 12.0. The van der Waals surface area contributed by atoms with Crippen LogP contribution in [0, 0.1) is 11.8 Å². The van der Waals surface area contributed by atoms with Crippen molar-refractivity contribution in [3.8, 4) is 0 Å². The number of esters is 2. The molecule has 0 heterocycles. The van der Waals surface area contributed by atoms with Crippen molar-refractivity contribution in [3.63, 3.8) is 0 Å². The van der Waals surface area contributed by atoms with Gasteiger partial charge in [0.05, 0.1) is 13.2 Å². The van der Waals surface area contributed by atoms with Gasteiger partial charge < -0.3 is 14.6 Å². The van der Waals surface area contributed by atoms with Gasteiger partial charge >= 0.3 is 11.9 Å². The summed E-state index contributed by atoms with van der Waals surface area (Å²) in [7, 11) is 1.42. The zero-order chi connectivity index (χ0) is 22.5. The second kappa shape index (κ2) is 14.7. The molecule has 2 atom stereocenters. The highest BCUT2D eigenvalue weighted by Crippen LogP contribution is 2.41. The maximum atomic E-state index is 12.1. The Morgan fingerprint density at radius 1 is 1.10 bits per heavy atom. The Labute approximate surface area is 192 Å². The molecule has 2 unspecified atom stereocenters. The minimum atomic E-state index is -0.378. The predicted octanol–water partition coefficient (Wildman–Crippen LogP) is 5.92. The Balaban J connectivity index is 1.92. The van der Waals surface area contributed by atoms with Gasteiger partial charge in [0.1, 0.15) is 5.76 Å². The van der Waals surface area contributed by atoms with Gasteiger partial charge in [0.2, 0.25) is 0 Å². The monoisotopic (exact) mass is 452 g/mol. The van der Waals surface area contributed by atoms with E-state index in [2.05, 4.69) is 10.8 Å². The van der Waals surface area contributed by atoms with Gasteiger partial charge in [-0.1, -0.05) is 44.8 Å². The fraction of sp³-hybridized carbons (Fsp3) is 0.760. The van der Waals surface area contributed by atoms with Crippen LogP contribution in [-0.4, -0.2) is 36.0 Å². The lowest BCUT2D eigenvalue weighted by atomic mass is 9.85. The molecule has 2 aliphatic carbocycles. The molecular formula is C25H40O5S. The quantitative estimate of drug-likeness (QED) is 0.213. The number of methoxy groups -OCH3 is 1. The van der Waals surface area contributed by atoms with Crippen molar-refractivity contribution in [2.24, 2.45) is 11.8 Å². The van der Waals surface area contributed by atoms with Crippen LogP contribution >= 0.6 is 11.8 Å². The number of hydrogen-bond donors (Lipinski definition) is 1. The third-order valence-electron chi connectivity index (χ3n) is 6.17. The molecule has 0 spiro atoms. The third kappa shape index (κ3) is 9.40. The average Bonchev–Trinajstić information content (AvgIpc) is 3.16. The molecule has 31 heavy (non-hydrogen) atoms. The maximum Gasteiger partial charge on any atom is 0.310 e. The van der Waals surface area contributed by atoms with Gasteiger partial charge in [-0.25, -0.2) is 0 Å². The largest absolute Gasteiger partial charge is 0.469 e. The maximum absolute atomic E-state index is 12.1. The Morgan fingerprint density at radius 3 is 2.58 bits per heavy atom. The first kappa shape index (κ1) is 26.0. The number of allylic oxidation sites excluding steroid dienone is 3. The Kier molecular flexibility index (Phi) is 12.3. The van der Waals surface area contributed by atoms with Crippen LogP contribution in [0.15, 0.2) is 22.8 Å². The third-order valence-corrected chi connectivity index (χ3v) is 7.50. The van der Waals surface area contributed by atoms with E-state index in [0.717, 1.165) is 67.8 Å². The minimum absolute atomic E-state index is 0.152. The molecule has 1 N–H and O–H groups in total. The molecule has 6 heteroatoms.